The first kappa shape index (κ1) is 13.4. The minimum absolute atomic E-state index is 0.140. The zero-order valence-electron chi connectivity index (χ0n) is 12.2. The van der Waals surface area contributed by atoms with Crippen LogP contribution in [0.2, 0.25) is 0 Å². The zero-order valence-corrected chi connectivity index (χ0v) is 12.2. The minimum Gasteiger partial charge on any atom is -0.351 e. The summed E-state index contributed by atoms with van der Waals surface area (Å²) in [4.78, 5) is 13.0. The number of rotatable bonds is 3. The van der Waals surface area contributed by atoms with Crippen LogP contribution in [0.5, 0.6) is 0 Å². The standard InChI is InChI=1S/C13H21N5O2/c1-8-12(18(19)20)13(17(3)15-8)16(2)11-6-9-4-5-10(7-11)14-9/h9-11,14H,4-7H2,1-3H3. The van der Waals surface area contributed by atoms with E-state index < -0.39 is 0 Å². The van der Waals surface area contributed by atoms with E-state index in [1.165, 1.54) is 12.8 Å². The summed E-state index contributed by atoms with van der Waals surface area (Å²) in [6.07, 6.45) is 4.55. The lowest BCUT2D eigenvalue weighted by Crippen LogP contribution is -2.47. The summed E-state index contributed by atoms with van der Waals surface area (Å²) in [5.74, 6) is 0.624. The van der Waals surface area contributed by atoms with Crippen molar-refractivity contribution in [1.29, 1.82) is 0 Å². The molecule has 1 aromatic rings. The Bertz CT molecular complexity index is 529. The molecule has 1 aromatic heterocycles. The monoisotopic (exact) mass is 279 g/mol. The van der Waals surface area contributed by atoms with Gasteiger partial charge in [0.05, 0.1) is 4.92 Å². The molecule has 0 aromatic carbocycles. The second-order valence-electron chi connectivity index (χ2n) is 6.01. The average molecular weight is 279 g/mol. The molecule has 2 aliphatic heterocycles. The van der Waals surface area contributed by atoms with Gasteiger partial charge in [0.1, 0.15) is 5.69 Å². The molecular formula is C13H21N5O2. The van der Waals surface area contributed by atoms with E-state index in [4.69, 9.17) is 0 Å². The van der Waals surface area contributed by atoms with Crippen molar-refractivity contribution < 1.29 is 4.92 Å². The highest BCUT2D eigenvalue weighted by atomic mass is 16.6. The molecule has 0 saturated carbocycles. The van der Waals surface area contributed by atoms with Gasteiger partial charge in [0.25, 0.3) is 0 Å². The first-order chi connectivity index (χ1) is 9.47. The Morgan fingerprint density at radius 2 is 2.00 bits per heavy atom. The Hall–Kier alpha value is -1.63. The van der Waals surface area contributed by atoms with Gasteiger partial charge < -0.3 is 10.2 Å². The molecule has 20 heavy (non-hydrogen) atoms. The Balaban J connectivity index is 1.90. The van der Waals surface area contributed by atoms with E-state index >= 15 is 0 Å². The minimum atomic E-state index is -0.316. The van der Waals surface area contributed by atoms with Crippen LogP contribution in [0.15, 0.2) is 0 Å². The fourth-order valence-electron chi connectivity index (χ4n) is 3.76. The Kier molecular flexibility index (Phi) is 3.16. The largest absolute Gasteiger partial charge is 0.351 e. The van der Waals surface area contributed by atoms with E-state index in [0.29, 0.717) is 29.6 Å². The fourth-order valence-corrected chi connectivity index (χ4v) is 3.76. The molecule has 2 unspecified atom stereocenters. The van der Waals surface area contributed by atoms with Gasteiger partial charge in [-0.2, -0.15) is 5.10 Å². The van der Waals surface area contributed by atoms with Crippen molar-refractivity contribution in [2.75, 3.05) is 11.9 Å². The molecule has 3 rings (SSSR count). The summed E-state index contributed by atoms with van der Waals surface area (Å²) >= 11 is 0. The molecule has 0 spiro atoms. The smallest absolute Gasteiger partial charge is 0.333 e. The molecule has 0 radical (unpaired) electrons. The van der Waals surface area contributed by atoms with Gasteiger partial charge in [0.15, 0.2) is 0 Å². The van der Waals surface area contributed by atoms with Gasteiger partial charge in [-0.15, -0.1) is 0 Å². The first-order valence-corrected chi connectivity index (χ1v) is 7.14. The number of nitro groups is 1. The Labute approximate surface area is 118 Å². The number of hydrogen-bond acceptors (Lipinski definition) is 5. The molecule has 7 nitrogen and oxygen atoms in total. The molecular weight excluding hydrogens is 258 g/mol. The maximum Gasteiger partial charge on any atom is 0.333 e. The normalized spacial score (nSPS) is 28.6. The molecule has 3 heterocycles. The van der Waals surface area contributed by atoms with Crippen LogP contribution in [-0.4, -0.2) is 39.9 Å². The third-order valence-electron chi connectivity index (χ3n) is 4.67. The number of piperidine rings is 1. The van der Waals surface area contributed by atoms with Crippen LogP contribution in [0, 0.1) is 17.0 Å². The second-order valence-corrected chi connectivity index (χ2v) is 6.01. The third kappa shape index (κ3) is 2.06. The second kappa shape index (κ2) is 4.73. The summed E-state index contributed by atoms with van der Waals surface area (Å²) in [6, 6.07) is 1.48. The lowest BCUT2D eigenvalue weighted by atomic mass is 9.98. The number of hydrogen-bond donors (Lipinski definition) is 1. The van der Waals surface area contributed by atoms with E-state index in [9.17, 15) is 10.1 Å². The highest BCUT2D eigenvalue weighted by Gasteiger charge is 2.38. The van der Waals surface area contributed by atoms with Gasteiger partial charge in [0.2, 0.25) is 5.82 Å². The van der Waals surface area contributed by atoms with Crippen LogP contribution in [0.25, 0.3) is 0 Å². The Morgan fingerprint density at radius 1 is 1.40 bits per heavy atom. The summed E-state index contributed by atoms with van der Waals surface area (Å²) in [6.45, 7) is 1.70. The summed E-state index contributed by atoms with van der Waals surface area (Å²) in [5, 5.41) is 19.1. The quantitative estimate of drug-likeness (QED) is 0.667. The van der Waals surface area contributed by atoms with Crippen molar-refractivity contribution in [2.45, 2.75) is 50.7 Å². The number of aromatic nitrogens is 2. The zero-order chi connectivity index (χ0) is 14.4. The molecule has 2 fully saturated rings. The van der Waals surface area contributed by atoms with Crippen LogP contribution in [0.1, 0.15) is 31.4 Å². The summed E-state index contributed by atoms with van der Waals surface area (Å²) < 4.78 is 1.64. The lowest BCUT2D eigenvalue weighted by molar-refractivity contribution is -0.384. The van der Waals surface area contributed by atoms with Crippen molar-refractivity contribution in [3.05, 3.63) is 15.8 Å². The molecule has 0 amide bonds. The first-order valence-electron chi connectivity index (χ1n) is 7.14. The molecule has 2 atom stereocenters. The number of aryl methyl sites for hydroxylation is 2. The maximum atomic E-state index is 11.3. The van der Waals surface area contributed by atoms with Crippen molar-refractivity contribution in [3.63, 3.8) is 0 Å². The molecule has 1 N–H and O–H groups in total. The predicted octanol–water partition coefficient (Wildman–Crippen LogP) is 1.36. The van der Waals surface area contributed by atoms with E-state index in [1.54, 1.807) is 18.7 Å². The fraction of sp³-hybridized carbons (Fsp3) is 0.769. The van der Waals surface area contributed by atoms with Crippen molar-refractivity contribution in [1.82, 2.24) is 15.1 Å². The van der Waals surface area contributed by atoms with Crippen LogP contribution < -0.4 is 10.2 Å². The number of anilines is 1. The van der Waals surface area contributed by atoms with Crippen LogP contribution in [-0.2, 0) is 7.05 Å². The van der Waals surface area contributed by atoms with Gasteiger partial charge in [-0.05, 0) is 32.6 Å². The average Bonchev–Trinajstić information content (AvgIpc) is 2.87. The van der Waals surface area contributed by atoms with E-state index in [-0.39, 0.29) is 10.6 Å². The molecule has 2 aliphatic rings. The topological polar surface area (TPSA) is 76.2 Å². The maximum absolute atomic E-state index is 11.3. The SMILES string of the molecule is Cc1nn(C)c(N(C)C2CC3CCC(C2)N3)c1[N+](=O)[O-]. The molecule has 0 aliphatic carbocycles. The van der Waals surface area contributed by atoms with Gasteiger partial charge >= 0.3 is 5.69 Å². The van der Waals surface area contributed by atoms with Crippen LogP contribution in [0.4, 0.5) is 11.5 Å². The Morgan fingerprint density at radius 3 is 2.55 bits per heavy atom. The van der Waals surface area contributed by atoms with Gasteiger partial charge in [-0.3, -0.25) is 10.1 Å². The number of fused-ring (bicyclic) bond motifs is 2. The van der Waals surface area contributed by atoms with Gasteiger partial charge in [-0.25, -0.2) is 4.68 Å². The van der Waals surface area contributed by atoms with Crippen molar-refractivity contribution >= 4 is 11.5 Å². The molecule has 2 saturated heterocycles. The van der Waals surface area contributed by atoms with Crippen molar-refractivity contribution in [2.24, 2.45) is 7.05 Å². The number of nitrogens with zero attached hydrogens (tertiary/aromatic N) is 4. The molecule has 2 bridgehead atoms. The highest BCUT2D eigenvalue weighted by molar-refractivity contribution is 5.61. The third-order valence-corrected chi connectivity index (χ3v) is 4.67. The number of nitrogens with one attached hydrogen (secondary N) is 1. The predicted molar refractivity (Wildman–Crippen MR) is 76.0 cm³/mol. The molecule has 7 heteroatoms. The van der Waals surface area contributed by atoms with E-state index in [2.05, 4.69) is 15.3 Å². The molecule has 110 valence electrons. The van der Waals surface area contributed by atoms with Crippen LogP contribution in [0.3, 0.4) is 0 Å². The van der Waals surface area contributed by atoms with Crippen LogP contribution >= 0.6 is 0 Å². The summed E-state index contributed by atoms with van der Waals surface area (Å²) in [5.41, 5.74) is 0.622. The summed E-state index contributed by atoms with van der Waals surface area (Å²) in [7, 11) is 3.74. The van der Waals surface area contributed by atoms with Gasteiger partial charge in [0, 0.05) is 32.2 Å². The van der Waals surface area contributed by atoms with E-state index in [1.807, 2.05) is 7.05 Å². The van der Waals surface area contributed by atoms with E-state index in [0.717, 1.165) is 12.8 Å². The van der Waals surface area contributed by atoms with Crippen molar-refractivity contribution in [3.8, 4) is 0 Å². The lowest BCUT2D eigenvalue weighted by Gasteiger charge is -2.36. The van der Waals surface area contributed by atoms with Gasteiger partial charge in [-0.1, -0.05) is 0 Å². The highest BCUT2D eigenvalue weighted by Crippen LogP contribution is 2.36.